The molecular weight excluding hydrogens is 240 g/mol. The summed E-state index contributed by atoms with van der Waals surface area (Å²) in [4.78, 5) is 14.0. The van der Waals surface area contributed by atoms with Gasteiger partial charge in [0.25, 0.3) is 0 Å². The van der Waals surface area contributed by atoms with Gasteiger partial charge in [0.2, 0.25) is 5.91 Å². The van der Waals surface area contributed by atoms with E-state index in [1.54, 1.807) is 0 Å². The highest BCUT2D eigenvalue weighted by molar-refractivity contribution is 5.92. The fourth-order valence-corrected chi connectivity index (χ4v) is 2.18. The number of nitrogens with zero attached hydrogens (tertiary/aromatic N) is 1. The number of nitrogens with one attached hydrogen (secondary N) is 1. The third-order valence-corrected chi connectivity index (χ3v) is 3.34. The lowest BCUT2D eigenvalue weighted by Gasteiger charge is -2.30. The average molecular weight is 262 g/mol. The summed E-state index contributed by atoms with van der Waals surface area (Å²) in [5.41, 5.74) is 3.28. The van der Waals surface area contributed by atoms with E-state index in [2.05, 4.69) is 23.2 Å². The Bertz CT molecular complexity index is 451. The van der Waals surface area contributed by atoms with Crippen LogP contribution in [0, 0.1) is 12.8 Å². The van der Waals surface area contributed by atoms with E-state index in [1.165, 1.54) is 11.3 Å². The quantitative estimate of drug-likeness (QED) is 0.909. The third-order valence-electron chi connectivity index (χ3n) is 3.34. The first-order valence-corrected chi connectivity index (χ1v) is 6.82. The number of hydrogen-bond donors (Lipinski definition) is 1. The molecule has 0 saturated carbocycles. The minimum absolute atomic E-state index is 0.000717. The van der Waals surface area contributed by atoms with Gasteiger partial charge in [-0.25, -0.2) is 0 Å². The van der Waals surface area contributed by atoms with Crippen molar-refractivity contribution >= 4 is 17.3 Å². The lowest BCUT2D eigenvalue weighted by molar-refractivity contribution is -0.118. The largest absolute Gasteiger partial charge is 0.378 e. The summed E-state index contributed by atoms with van der Waals surface area (Å²) < 4.78 is 5.37. The number of anilines is 2. The topological polar surface area (TPSA) is 41.6 Å². The van der Waals surface area contributed by atoms with Crippen LogP contribution in [0.2, 0.25) is 0 Å². The number of benzene rings is 1. The van der Waals surface area contributed by atoms with Crippen molar-refractivity contribution in [3.05, 3.63) is 23.8 Å². The molecule has 1 aliphatic rings. The Morgan fingerprint density at radius 1 is 1.32 bits per heavy atom. The Kier molecular flexibility index (Phi) is 4.43. The molecule has 0 radical (unpaired) electrons. The molecule has 1 amide bonds. The molecule has 1 aliphatic heterocycles. The van der Waals surface area contributed by atoms with Gasteiger partial charge in [0, 0.05) is 30.4 Å². The number of morpholine rings is 1. The molecule has 0 aromatic heterocycles. The monoisotopic (exact) mass is 262 g/mol. The summed E-state index contributed by atoms with van der Waals surface area (Å²) in [6, 6.07) is 6.08. The van der Waals surface area contributed by atoms with Crippen molar-refractivity contribution in [1.82, 2.24) is 0 Å². The summed E-state index contributed by atoms with van der Waals surface area (Å²) in [6.07, 6.45) is 0. The summed E-state index contributed by atoms with van der Waals surface area (Å²) >= 11 is 0. The molecule has 1 fully saturated rings. The molecule has 4 nitrogen and oxygen atoms in total. The predicted octanol–water partition coefficient (Wildman–Crippen LogP) is 2.43. The third kappa shape index (κ3) is 3.47. The molecule has 0 bridgehead atoms. The highest BCUT2D eigenvalue weighted by atomic mass is 16.5. The number of hydrogen-bond acceptors (Lipinski definition) is 3. The van der Waals surface area contributed by atoms with Crippen molar-refractivity contribution in [2.24, 2.45) is 5.92 Å². The zero-order valence-electron chi connectivity index (χ0n) is 11.9. The molecule has 1 aromatic rings. The van der Waals surface area contributed by atoms with Crippen LogP contribution in [0.4, 0.5) is 11.4 Å². The second kappa shape index (κ2) is 6.06. The Hall–Kier alpha value is -1.55. The molecule has 0 aliphatic carbocycles. The molecule has 1 saturated heterocycles. The van der Waals surface area contributed by atoms with Crippen molar-refractivity contribution in [3.63, 3.8) is 0 Å². The molecule has 1 heterocycles. The summed E-state index contributed by atoms with van der Waals surface area (Å²) in [5.74, 6) is 0.0535. The summed E-state index contributed by atoms with van der Waals surface area (Å²) in [5, 5.41) is 2.93. The van der Waals surface area contributed by atoms with Crippen LogP contribution < -0.4 is 10.2 Å². The standard InChI is InChI=1S/C15H22N2O2/c1-11(2)15(18)16-13-4-5-14(12(3)10-13)17-6-8-19-9-7-17/h4-5,10-11H,6-9H2,1-3H3,(H,16,18). The van der Waals surface area contributed by atoms with Crippen molar-refractivity contribution in [2.75, 3.05) is 36.5 Å². The smallest absolute Gasteiger partial charge is 0.226 e. The van der Waals surface area contributed by atoms with E-state index in [0.717, 1.165) is 32.0 Å². The summed E-state index contributed by atoms with van der Waals surface area (Å²) in [6.45, 7) is 9.29. The molecule has 1 N–H and O–H groups in total. The molecular formula is C15H22N2O2. The second-order valence-corrected chi connectivity index (χ2v) is 5.24. The zero-order valence-corrected chi connectivity index (χ0v) is 11.9. The minimum atomic E-state index is -0.000717. The normalized spacial score (nSPS) is 15.7. The van der Waals surface area contributed by atoms with Gasteiger partial charge in [-0.3, -0.25) is 4.79 Å². The van der Waals surface area contributed by atoms with Crippen molar-refractivity contribution in [1.29, 1.82) is 0 Å². The lowest BCUT2D eigenvalue weighted by atomic mass is 10.1. The highest BCUT2D eigenvalue weighted by Gasteiger charge is 2.14. The molecule has 0 spiro atoms. The molecule has 2 rings (SSSR count). The molecule has 0 atom stereocenters. The fourth-order valence-electron chi connectivity index (χ4n) is 2.18. The first kappa shape index (κ1) is 13.9. The van der Waals surface area contributed by atoms with Gasteiger partial charge in [-0.1, -0.05) is 13.8 Å². The van der Waals surface area contributed by atoms with Gasteiger partial charge in [0.05, 0.1) is 13.2 Å². The second-order valence-electron chi connectivity index (χ2n) is 5.24. The van der Waals surface area contributed by atoms with Gasteiger partial charge in [0.1, 0.15) is 0 Å². The van der Waals surface area contributed by atoms with Crippen LogP contribution in [0.15, 0.2) is 18.2 Å². The van der Waals surface area contributed by atoms with Crippen LogP contribution >= 0.6 is 0 Å². The number of rotatable bonds is 3. The van der Waals surface area contributed by atoms with E-state index in [9.17, 15) is 4.79 Å². The Balaban J connectivity index is 2.10. The maximum absolute atomic E-state index is 11.7. The van der Waals surface area contributed by atoms with E-state index < -0.39 is 0 Å². The van der Waals surface area contributed by atoms with E-state index in [4.69, 9.17) is 4.74 Å². The van der Waals surface area contributed by atoms with Crippen molar-refractivity contribution in [2.45, 2.75) is 20.8 Å². The first-order chi connectivity index (χ1) is 9.08. The summed E-state index contributed by atoms with van der Waals surface area (Å²) in [7, 11) is 0. The zero-order chi connectivity index (χ0) is 13.8. The van der Waals surface area contributed by atoms with Crippen molar-refractivity contribution < 1.29 is 9.53 Å². The molecule has 4 heteroatoms. The molecule has 104 valence electrons. The van der Waals surface area contributed by atoms with Gasteiger partial charge in [-0.2, -0.15) is 0 Å². The predicted molar refractivity (Wildman–Crippen MR) is 77.7 cm³/mol. The Morgan fingerprint density at radius 2 is 2.00 bits per heavy atom. The molecule has 19 heavy (non-hydrogen) atoms. The van der Waals surface area contributed by atoms with Gasteiger partial charge in [-0.15, -0.1) is 0 Å². The van der Waals surface area contributed by atoms with Crippen LogP contribution in [0.5, 0.6) is 0 Å². The van der Waals surface area contributed by atoms with Crippen LogP contribution in [0.1, 0.15) is 19.4 Å². The maximum atomic E-state index is 11.7. The van der Waals surface area contributed by atoms with E-state index in [0.29, 0.717) is 0 Å². The van der Waals surface area contributed by atoms with Crippen molar-refractivity contribution in [3.8, 4) is 0 Å². The highest BCUT2D eigenvalue weighted by Crippen LogP contribution is 2.24. The SMILES string of the molecule is Cc1cc(NC(=O)C(C)C)ccc1N1CCOCC1. The fraction of sp³-hybridized carbons (Fsp3) is 0.533. The van der Waals surface area contributed by atoms with Crippen LogP contribution in [-0.4, -0.2) is 32.2 Å². The van der Waals surface area contributed by atoms with Gasteiger partial charge < -0.3 is 15.0 Å². The minimum Gasteiger partial charge on any atom is -0.378 e. The van der Waals surface area contributed by atoms with Gasteiger partial charge >= 0.3 is 0 Å². The van der Waals surface area contributed by atoms with Crippen LogP contribution in [0.25, 0.3) is 0 Å². The number of aryl methyl sites for hydroxylation is 1. The van der Waals surface area contributed by atoms with E-state index in [-0.39, 0.29) is 11.8 Å². The number of ether oxygens (including phenoxy) is 1. The molecule has 0 unspecified atom stereocenters. The Labute approximate surface area is 114 Å². The van der Waals surface area contributed by atoms with Crippen LogP contribution in [0.3, 0.4) is 0 Å². The number of carbonyl (C=O) groups excluding carboxylic acids is 1. The van der Waals surface area contributed by atoms with Gasteiger partial charge in [-0.05, 0) is 30.7 Å². The number of carbonyl (C=O) groups is 1. The first-order valence-electron chi connectivity index (χ1n) is 6.82. The maximum Gasteiger partial charge on any atom is 0.226 e. The van der Waals surface area contributed by atoms with E-state index in [1.807, 2.05) is 26.0 Å². The number of amides is 1. The van der Waals surface area contributed by atoms with E-state index >= 15 is 0 Å². The Morgan fingerprint density at radius 3 is 2.58 bits per heavy atom. The van der Waals surface area contributed by atoms with Crippen LogP contribution in [-0.2, 0) is 9.53 Å². The average Bonchev–Trinajstić information content (AvgIpc) is 2.39. The van der Waals surface area contributed by atoms with Gasteiger partial charge in [0.15, 0.2) is 0 Å². The lowest BCUT2D eigenvalue weighted by Crippen LogP contribution is -2.36. The molecule has 1 aromatic carbocycles.